The van der Waals surface area contributed by atoms with Crippen molar-refractivity contribution in [3.05, 3.63) is 59.7 Å². The average Bonchev–Trinajstić information content (AvgIpc) is 2.52. The molecule has 2 aromatic carbocycles. The molecular formula is C15H11F3O4S2. The van der Waals surface area contributed by atoms with Crippen LogP contribution in [0.5, 0.6) is 0 Å². The lowest BCUT2D eigenvalue weighted by Gasteiger charge is -2.11. The molecule has 0 aliphatic carbocycles. The van der Waals surface area contributed by atoms with Crippen LogP contribution < -0.4 is 0 Å². The fraction of sp³-hybridized carbons (Fsp3) is 0.133. The second-order valence-electron chi connectivity index (χ2n) is 4.69. The first-order valence-corrected chi connectivity index (χ1v) is 8.95. The first-order valence-electron chi connectivity index (χ1n) is 6.48. The van der Waals surface area contributed by atoms with E-state index >= 15 is 0 Å². The molecule has 9 heteroatoms. The third kappa shape index (κ3) is 3.90. The van der Waals surface area contributed by atoms with Crippen molar-refractivity contribution >= 4 is 27.6 Å². The maximum Gasteiger partial charge on any atom is 0.501 e. The number of carboxylic acid groups (broad SMARTS) is 1. The van der Waals surface area contributed by atoms with Gasteiger partial charge in [0, 0.05) is 10.6 Å². The van der Waals surface area contributed by atoms with E-state index in [-0.39, 0.29) is 4.90 Å². The molecule has 0 saturated carbocycles. The smallest absolute Gasteiger partial charge is 0.478 e. The Morgan fingerprint density at radius 2 is 1.71 bits per heavy atom. The Morgan fingerprint density at radius 1 is 1.08 bits per heavy atom. The largest absolute Gasteiger partial charge is 0.501 e. The van der Waals surface area contributed by atoms with E-state index in [9.17, 15) is 26.4 Å². The summed E-state index contributed by atoms with van der Waals surface area (Å²) in [4.78, 5) is 10.4. The zero-order valence-corrected chi connectivity index (χ0v) is 13.6. The van der Waals surface area contributed by atoms with Gasteiger partial charge in [0.25, 0.3) is 9.84 Å². The lowest BCUT2D eigenvalue weighted by molar-refractivity contribution is -0.0436. The number of carboxylic acids is 1. The summed E-state index contributed by atoms with van der Waals surface area (Å²) in [6, 6.07) is 11.4. The van der Waals surface area contributed by atoms with Gasteiger partial charge in [0.1, 0.15) is 0 Å². The Balaban J connectivity index is 2.36. The highest BCUT2D eigenvalue weighted by atomic mass is 32.2. The van der Waals surface area contributed by atoms with Gasteiger partial charge in [-0.1, -0.05) is 30.3 Å². The molecule has 1 N–H and O–H groups in total. The van der Waals surface area contributed by atoms with Crippen molar-refractivity contribution in [3.63, 3.8) is 0 Å². The maximum absolute atomic E-state index is 12.6. The number of hydrogen-bond acceptors (Lipinski definition) is 4. The molecule has 0 aliphatic rings. The standard InChI is InChI=1S/C15H11F3O4S2/c16-15(17,18)24(21,22)11-6-7-13(12(8-11)14(19)20)23-9-10-4-2-1-3-5-10/h1-8H,9H2,(H,19,20). The van der Waals surface area contributed by atoms with Gasteiger partial charge in [0.15, 0.2) is 0 Å². The van der Waals surface area contributed by atoms with Crippen molar-refractivity contribution in [3.8, 4) is 0 Å². The molecule has 0 spiro atoms. The van der Waals surface area contributed by atoms with Gasteiger partial charge in [-0.2, -0.15) is 13.2 Å². The fourth-order valence-corrected chi connectivity index (χ4v) is 3.61. The average molecular weight is 376 g/mol. The summed E-state index contributed by atoms with van der Waals surface area (Å²) < 4.78 is 60.5. The van der Waals surface area contributed by atoms with Crippen molar-refractivity contribution in [1.29, 1.82) is 0 Å². The minimum Gasteiger partial charge on any atom is -0.478 e. The van der Waals surface area contributed by atoms with E-state index in [4.69, 9.17) is 5.11 Å². The number of sulfone groups is 1. The molecule has 0 saturated heterocycles. The van der Waals surface area contributed by atoms with Gasteiger partial charge in [-0.05, 0) is 23.8 Å². The van der Waals surface area contributed by atoms with Crippen molar-refractivity contribution < 1.29 is 31.5 Å². The van der Waals surface area contributed by atoms with E-state index in [1.807, 2.05) is 18.2 Å². The predicted molar refractivity (Wildman–Crippen MR) is 82.6 cm³/mol. The van der Waals surface area contributed by atoms with Crippen LogP contribution in [0.2, 0.25) is 0 Å². The molecule has 2 rings (SSSR count). The van der Waals surface area contributed by atoms with Gasteiger partial charge >= 0.3 is 11.5 Å². The number of hydrogen-bond donors (Lipinski definition) is 1. The Kier molecular flexibility index (Phi) is 5.24. The van der Waals surface area contributed by atoms with E-state index < -0.39 is 31.8 Å². The maximum atomic E-state index is 12.6. The molecular weight excluding hydrogens is 365 g/mol. The lowest BCUT2D eigenvalue weighted by atomic mass is 10.2. The Bertz CT molecular complexity index is 847. The minimum atomic E-state index is -5.59. The molecule has 0 aliphatic heterocycles. The van der Waals surface area contributed by atoms with Crippen molar-refractivity contribution in [2.24, 2.45) is 0 Å². The predicted octanol–water partition coefficient (Wildman–Crippen LogP) is 3.97. The number of benzene rings is 2. The second-order valence-corrected chi connectivity index (χ2v) is 7.64. The van der Waals surface area contributed by atoms with Gasteiger partial charge in [-0.25, -0.2) is 13.2 Å². The summed E-state index contributed by atoms with van der Waals surface area (Å²) in [5.74, 6) is -1.10. The van der Waals surface area contributed by atoms with Crippen molar-refractivity contribution in [1.82, 2.24) is 0 Å². The Hall–Kier alpha value is -2.00. The van der Waals surface area contributed by atoms with Crippen LogP contribution >= 0.6 is 11.8 Å². The highest BCUT2D eigenvalue weighted by molar-refractivity contribution is 7.98. The summed E-state index contributed by atoms with van der Waals surface area (Å²) in [6.07, 6.45) is 0. The van der Waals surface area contributed by atoms with E-state index in [0.29, 0.717) is 11.8 Å². The van der Waals surface area contributed by atoms with Crippen LogP contribution in [0, 0.1) is 0 Å². The topological polar surface area (TPSA) is 71.4 Å². The van der Waals surface area contributed by atoms with Crippen LogP contribution in [0.15, 0.2) is 58.3 Å². The molecule has 0 amide bonds. The number of aromatic carboxylic acids is 1. The quantitative estimate of drug-likeness (QED) is 0.800. The molecule has 0 fully saturated rings. The van der Waals surface area contributed by atoms with Gasteiger partial charge < -0.3 is 5.11 Å². The van der Waals surface area contributed by atoms with E-state index in [1.165, 1.54) is 0 Å². The van der Waals surface area contributed by atoms with Crippen LogP contribution in [0.25, 0.3) is 0 Å². The van der Waals surface area contributed by atoms with E-state index in [0.717, 1.165) is 29.5 Å². The summed E-state index contributed by atoms with van der Waals surface area (Å²) in [7, 11) is -5.59. The van der Waals surface area contributed by atoms with Crippen LogP contribution in [0.3, 0.4) is 0 Å². The van der Waals surface area contributed by atoms with Crippen LogP contribution in [0.1, 0.15) is 15.9 Å². The summed E-state index contributed by atoms with van der Waals surface area (Å²) in [6.45, 7) is 0. The molecule has 0 radical (unpaired) electrons. The molecule has 4 nitrogen and oxygen atoms in total. The number of alkyl halides is 3. The van der Waals surface area contributed by atoms with Crippen molar-refractivity contribution in [2.75, 3.05) is 0 Å². The molecule has 0 heterocycles. The lowest BCUT2D eigenvalue weighted by Crippen LogP contribution is -2.23. The third-order valence-corrected chi connectivity index (χ3v) is 5.66. The molecule has 128 valence electrons. The van der Waals surface area contributed by atoms with Crippen molar-refractivity contribution in [2.45, 2.75) is 21.1 Å². The third-order valence-electron chi connectivity index (χ3n) is 3.03. The summed E-state index contributed by atoms with van der Waals surface area (Å²) >= 11 is 1.10. The first kappa shape index (κ1) is 18.3. The van der Waals surface area contributed by atoms with Gasteiger partial charge in [-0.15, -0.1) is 11.8 Å². The number of carbonyl (C=O) groups is 1. The molecule has 2 aromatic rings. The zero-order chi connectivity index (χ0) is 18.0. The molecule has 0 unspecified atom stereocenters. The SMILES string of the molecule is O=C(O)c1cc(S(=O)(=O)C(F)(F)F)ccc1SCc1ccccc1. The molecule has 0 atom stereocenters. The first-order chi connectivity index (χ1) is 11.1. The summed E-state index contributed by atoms with van der Waals surface area (Å²) in [5, 5.41) is 9.17. The number of halogens is 3. The fourth-order valence-electron chi connectivity index (χ4n) is 1.84. The highest BCUT2D eigenvalue weighted by Gasteiger charge is 2.47. The molecule has 0 aromatic heterocycles. The van der Waals surface area contributed by atoms with E-state index in [2.05, 4.69) is 0 Å². The molecule has 24 heavy (non-hydrogen) atoms. The molecule has 0 bridgehead atoms. The van der Waals surface area contributed by atoms with Crippen LogP contribution in [-0.4, -0.2) is 25.0 Å². The summed E-state index contributed by atoms with van der Waals surface area (Å²) in [5.41, 5.74) is -5.08. The minimum absolute atomic E-state index is 0.187. The van der Waals surface area contributed by atoms with Gasteiger partial charge in [0.2, 0.25) is 0 Å². The highest BCUT2D eigenvalue weighted by Crippen LogP contribution is 2.34. The zero-order valence-electron chi connectivity index (χ0n) is 11.9. The number of rotatable bonds is 5. The number of thioether (sulfide) groups is 1. The normalized spacial score (nSPS) is 12.1. The second kappa shape index (κ2) is 6.86. The van der Waals surface area contributed by atoms with Gasteiger partial charge in [0.05, 0.1) is 10.5 Å². The van der Waals surface area contributed by atoms with Crippen LogP contribution in [-0.2, 0) is 15.6 Å². The monoisotopic (exact) mass is 376 g/mol. The van der Waals surface area contributed by atoms with E-state index in [1.54, 1.807) is 12.1 Å². The van der Waals surface area contributed by atoms with Gasteiger partial charge in [-0.3, -0.25) is 0 Å². The Morgan fingerprint density at radius 3 is 2.25 bits per heavy atom. The van der Waals surface area contributed by atoms with Crippen LogP contribution in [0.4, 0.5) is 13.2 Å². The Labute approximate surface area is 140 Å².